The van der Waals surface area contributed by atoms with Crippen LogP contribution in [0.4, 0.5) is 4.79 Å². The normalized spacial score (nSPS) is 14.4. The summed E-state index contributed by atoms with van der Waals surface area (Å²) in [6, 6.07) is 16.1. The van der Waals surface area contributed by atoms with E-state index in [1.54, 1.807) is 35.0 Å². The number of aliphatic imine (C=N–C) groups is 1. The minimum absolute atomic E-state index is 0.0119. The molecule has 280 valence electrons. The molecule has 0 saturated heterocycles. The van der Waals surface area contributed by atoms with Crippen molar-refractivity contribution in [1.82, 2.24) is 0 Å². The maximum absolute atomic E-state index is 12.7. The number of hydrogen-bond donors (Lipinski definition) is 0. The van der Waals surface area contributed by atoms with Gasteiger partial charge in [0, 0.05) is 0 Å². The molecule has 0 fully saturated rings. The summed E-state index contributed by atoms with van der Waals surface area (Å²) in [5.74, 6) is 0.960. The van der Waals surface area contributed by atoms with E-state index in [9.17, 15) is 9.59 Å². The number of carbonyl (C=O) groups is 2. The third kappa shape index (κ3) is 12.8. The Hall–Kier alpha value is -3.21. The highest BCUT2D eigenvalue weighted by atomic mass is 28.4. The Morgan fingerprint density at radius 3 is 1.70 bits per heavy atom. The van der Waals surface area contributed by atoms with Gasteiger partial charge in [0.05, 0.1) is 40.1 Å². The highest BCUT2D eigenvalue weighted by Gasteiger charge is 2.48. The number of hydrogen-bond acceptors (Lipinski definition) is 8. The van der Waals surface area contributed by atoms with Gasteiger partial charge in [0.1, 0.15) is 22.8 Å². The lowest BCUT2D eigenvalue weighted by Crippen LogP contribution is -2.54. The quantitative estimate of drug-likeness (QED) is 0.0806. The molecule has 0 aliphatic carbocycles. The maximum atomic E-state index is 12.7. The molecule has 9 nitrogen and oxygen atoms in total. The minimum atomic E-state index is -2.37. The summed E-state index contributed by atoms with van der Waals surface area (Å²) in [5, 5.41) is 0. The van der Waals surface area contributed by atoms with Crippen LogP contribution in [0.2, 0.25) is 16.6 Å². The molecule has 0 heterocycles. The van der Waals surface area contributed by atoms with Crippen LogP contribution in [-0.2, 0) is 36.5 Å². The van der Waals surface area contributed by atoms with Gasteiger partial charge >= 0.3 is 12.1 Å². The van der Waals surface area contributed by atoms with E-state index in [0.29, 0.717) is 36.1 Å². The van der Waals surface area contributed by atoms with Crippen LogP contribution >= 0.6 is 0 Å². The predicted molar refractivity (Wildman–Crippen MR) is 203 cm³/mol. The lowest BCUT2D eigenvalue weighted by atomic mass is 9.86. The van der Waals surface area contributed by atoms with Gasteiger partial charge in [0.25, 0.3) is 0 Å². The standard InChI is InChI=1S/C40H63NO8Si/c1-27(2)50(28(3)4,29(5)6)49-37(30(7)47-26-32-19-23-35(45-12)24-20-32)33(25-31-17-21-34(44-11)22-18-31)15-14-16-36(38(42)46-13)41-39(43)48-40(8,9)10/h17-24,27-30,33,37H,14-16,25-26H2,1-13H3. The van der Waals surface area contributed by atoms with Gasteiger partial charge < -0.3 is 28.1 Å². The van der Waals surface area contributed by atoms with Crippen molar-refractivity contribution >= 4 is 26.1 Å². The van der Waals surface area contributed by atoms with Crippen molar-refractivity contribution in [2.24, 2.45) is 10.9 Å². The predicted octanol–water partition coefficient (Wildman–Crippen LogP) is 9.75. The molecule has 0 aliphatic rings. The Morgan fingerprint density at radius 1 is 0.760 bits per heavy atom. The van der Waals surface area contributed by atoms with Gasteiger partial charge in [-0.2, -0.15) is 4.99 Å². The Labute approximate surface area is 302 Å². The van der Waals surface area contributed by atoms with Crippen LogP contribution in [0.3, 0.4) is 0 Å². The first-order chi connectivity index (χ1) is 23.5. The number of ether oxygens (including phenoxy) is 5. The summed E-state index contributed by atoms with van der Waals surface area (Å²) >= 11 is 0. The van der Waals surface area contributed by atoms with Gasteiger partial charge in [0.2, 0.25) is 8.32 Å². The molecule has 50 heavy (non-hydrogen) atoms. The van der Waals surface area contributed by atoms with Crippen molar-refractivity contribution in [3.8, 4) is 11.5 Å². The molecule has 2 rings (SSSR count). The van der Waals surface area contributed by atoms with Gasteiger partial charge in [-0.15, -0.1) is 0 Å². The molecule has 0 N–H and O–H groups in total. The van der Waals surface area contributed by atoms with Crippen LogP contribution in [0.15, 0.2) is 53.5 Å². The van der Waals surface area contributed by atoms with Crippen molar-refractivity contribution in [2.75, 3.05) is 21.3 Å². The molecule has 0 aromatic heterocycles. The van der Waals surface area contributed by atoms with Crippen LogP contribution in [0.5, 0.6) is 11.5 Å². The summed E-state index contributed by atoms with van der Waals surface area (Å²) in [6.45, 7) is 21.6. The Balaban J connectivity index is 2.56. The van der Waals surface area contributed by atoms with E-state index < -0.39 is 26.0 Å². The molecule has 0 aliphatic heterocycles. The van der Waals surface area contributed by atoms with Gasteiger partial charge in [-0.05, 0) is 111 Å². The van der Waals surface area contributed by atoms with Crippen LogP contribution in [0.1, 0.15) is 99.6 Å². The zero-order chi connectivity index (χ0) is 37.6. The fraction of sp³-hybridized carbons (Fsp3) is 0.625. The Kier molecular flexibility index (Phi) is 17.2. The number of methoxy groups -OCH3 is 3. The molecule has 10 heteroatoms. The Bertz CT molecular complexity index is 1330. The zero-order valence-electron chi connectivity index (χ0n) is 32.8. The fourth-order valence-corrected chi connectivity index (χ4v) is 12.6. The summed E-state index contributed by atoms with van der Waals surface area (Å²) < 4.78 is 35.4. The second-order valence-corrected chi connectivity index (χ2v) is 20.4. The van der Waals surface area contributed by atoms with Crippen molar-refractivity contribution in [1.29, 1.82) is 0 Å². The topological polar surface area (TPSA) is 102 Å². The molecule has 2 aromatic rings. The SMILES string of the molecule is COC(=O)C(CCCC(Cc1ccc(OC)cc1)C(O[Si](C(C)C)(C(C)C)C(C)C)C(C)OCc1ccc(OC)cc1)=NC(=O)OC(C)(C)C. The fourth-order valence-electron chi connectivity index (χ4n) is 6.96. The molecule has 1 amide bonds. The van der Waals surface area contributed by atoms with E-state index >= 15 is 0 Å². The van der Waals surface area contributed by atoms with E-state index in [1.807, 2.05) is 36.4 Å². The molecule has 0 spiro atoms. The van der Waals surface area contributed by atoms with Gasteiger partial charge in [-0.25, -0.2) is 9.59 Å². The van der Waals surface area contributed by atoms with Crippen LogP contribution in [0.25, 0.3) is 0 Å². The van der Waals surface area contributed by atoms with E-state index in [2.05, 4.69) is 65.6 Å². The highest BCUT2D eigenvalue weighted by Crippen LogP contribution is 2.45. The van der Waals surface area contributed by atoms with Crippen molar-refractivity contribution in [3.05, 3.63) is 59.7 Å². The molecule has 0 saturated carbocycles. The zero-order valence-corrected chi connectivity index (χ0v) is 33.8. The molecule has 2 aromatic carbocycles. The average Bonchev–Trinajstić information content (AvgIpc) is 3.05. The summed E-state index contributed by atoms with van der Waals surface area (Å²) in [4.78, 5) is 29.3. The van der Waals surface area contributed by atoms with E-state index in [-0.39, 0.29) is 30.3 Å². The molecule has 3 unspecified atom stereocenters. The molecule has 3 atom stereocenters. The third-order valence-corrected chi connectivity index (χ3v) is 15.4. The molecule has 0 bridgehead atoms. The number of amides is 1. The van der Waals surface area contributed by atoms with Gasteiger partial charge in [-0.3, -0.25) is 0 Å². The largest absolute Gasteiger partial charge is 0.497 e. The smallest absolute Gasteiger partial charge is 0.434 e. The lowest BCUT2D eigenvalue weighted by Gasteiger charge is -2.47. The van der Waals surface area contributed by atoms with Crippen molar-refractivity contribution < 1.29 is 37.7 Å². The second kappa shape index (κ2) is 20.0. The van der Waals surface area contributed by atoms with Crippen molar-refractivity contribution in [2.45, 2.75) is 136 Å². The highest BCUT2D eigenvalue weighted by molar-refractivity contribution is 6.77. The van der Waals surface area contributed by atoms with E-state index in [1.165, 1.54) is 7.11 Å². The minimum Gasteiger partial charge on any atom is -0.497 e. The first-order valence-electron chi connectivity index (χ1n) is 17.9. The number of nitrogens with zero attached hydrogens (tertiary/aromatic N) is 1. The van der Waals surface area contributed by atoms with Crippen molar-refractivity contribution in [3.63, 3.8) is 0 Å². The number of rotatable bonds is 19. The van der Waals surface area contributed by atoms with Crippen LogP contribution in [0, 0.1) is 5.92 Å². The van der Waals surface area contributed by atoms with Crippen LogP contribution in [-0.4, -0.2) is 65.2 Å². The second-order valence-electron chi connectivity index (χ2n) is 15.0. The third-order valence-electron chi connectivity index (χ3n) is 9.33. The molecular weight excluding hydrogens is 651 g/mol. The summed E-state index contributed by atoms with van der Waals surface area (Å²) in [6.07, 6.45) is 0.923. The summed E-state index contributed by atoms with van der Waals surface area (Å²) in [5.41, 5.74) is 2.60. The van der Waals surface area contributed by atoms with E-state index in [0.717, 1.165) is 29.0 Å². The number of carbonyl (C=O) groups excluding carboxylic acids is 2. The average molecular weight is 714 g/mol. The van der Waals surface area contributed by atoms with Gasteiger partial charge in [0.15, 0.2) is 0 Å². The first kappa shape index (κ1) is 43.0. The molecule has 0 radical (unpaired) electrons. The first-order valence-corrected chi connectivity index (χ1v) is 20.0. The number of benzene rings is 2. The monoisotopic (exact) mass is 713 g/mol. The van der Waals surface area contributed by atoms with Crippen LogP contribution < -0.4 is 9.47 Å². The summed E-state index contributed by atoms with van der Waals surface area (Å²) in [7, 11) is 2.24. The lowest BCUT2D eigenvalue weighted by molar-refractivity contribution is -0.132. The van der Waals surface area contributed by atoms with E-state index in [4.69, 9.17) is 28.1 Å². The van der Waals surface area contributed by atoms with Gasteiger partial charge in [-0.1, -0.05) is 65.8 Å². The number of esters is 1. The Morgan fingerprint density at radius 2 is 1.26 bits per heavy atom. The molecular formula is C40H63NO8Si. The maximum Gasteiger partial charge on any atom is 0.434 e.